The number of piperidine rings is 1. The minimum absolute atomic E-state index is 0.211. The lowest BCUT2D eigenvalue weighted by atomic mass is 9.98. The van der Waals surface area contributed by atoms with Gasteiger partial charge in [-0.05, 0) is 18.8 Å². The van der Waals surface area contributed by atoms with Crippen molar-refractivity contribution in [2.75, 3.05) is 20.2 Å². The molecule has 1 fully saturated rings. The van der Waals surface area contributed by atoms with E-state index in [0.717, 1.165) is 0 Å². The van der Waals surface area contributed by atoms with E-state index in [4.69, 9.17) is 5.11 Å². The minimum Gasteiger partial charge on any atom is -0.480 e. The molecule has 1 rings (SSSR count). The van der Waals surface area contributed by atoms with Crippen LogP contribution in [0.3, 0.4) is 0 Å². The third-order valence-corrected chi connectivity index (χ3v) is 3.45. The Morgan fingerprint density at radius 3 is 2.50 bits per heavy atom. The molecule has 1 aliphatic rings. The van der Waals surface area contributed by atoms with Gasteiger partial charge in [-0.25, -0.2) is 9.59 Å². The second-order valence-electron chi connectivity index (χ2n) is 5.32. The molecule has 0 aromatic carbocycles. The van der Waals surface area contributed by atoms with Crippen LogP contribution in [0.25, 0.3) is 0 Å². The Labute approximate surface area is 118 Å². The molecule has 0 bridgehead atoms. The van der Waals surface area contributed by atoms with Crippen molar-refractivity contribution in [1.29, 1.82) is 0 Å². The molecule has 0 aliphatic carbocycles. The predicted octanol–water partition coefficient (Wildman–Crippen LogP) is 0.690. The van der Waals surface area contributed by atoms with E-state index in [1.807, 2.05) is 0 Å². The van der Waals surface area contributed by atoms with Crippen LogP contribution >= 0.6 is 0 Å². The first kappa shape index (κ1) is 16.3. The molecule has 2 N–H and O–H groups in total. The zero-order valence-corrected chi connectivity index (χ0v) is 12.1. The zero-order valence-electron chi connectivity index (χ0n) is 12.1. The normalized spacial score (nSPS) is 20.4. The number of nitrogens with zero attached hydrogens (tertiary/aromatic N) is 1. The van der Waals surface area contributed by atoms with Crippen LogP contribution in [0.5, 0.6) is 0 Å². The number of aliphatic carboxylic acids is 1. The number of hydrogen-bond acceptors (Lipinski definition) is 4. The van der Waals surface area contributed by atoms with Crippen molar-refractivity contribution in [1.82, 2.24) is 10.2 Å². The lowest BCUT2D eigenvalue weighted by Gasteiger charge is -2.32. The van der Waals surface area contributed by atoms with Crippen molar-refractivity contribution in [2.24, 2.45) is 11.8 Å². The Morgan fingerprint density at radius 1 is 1.35 bits per heavy atom. The second kappa shape index (κ2) is 7.12. The standard InChI is InChI=1S/C13H22N2O5/c1-8(2)10(11(16)17)14-13(19)15-6-4-5-9(7-15)12(18)20-3/h8-10H,4-7H2,1-3H3,(H,14,19)(H,16,17)/t9?,10-/m1/s1. The van der Waals surface area contributed by atoms with Gasteiger partial charge in [0.15, 0.2) is 0 Å². The number of hydrogen-bond donors (Lipinski definition) is 2. The van der Waals surface area contributed by atoms with Crippen molar-refractivity contribution in [3.8, 4) is 0 Å². The van der Waals surface area contributed by atoms with Crippen molar-refractivity contribution < 1.29 is 24.2 Å². The van der Waals surface area contributed by atoms with E-state index in [-0.39, 0.29) is 24.3 Å². The summed E-state index contributed by atoms with van der Waals surface area (Å²) in [5.74, 6) is -1.93. The number of ether oxygens (including phenoxy) is 1. The molecule has 1 heterocycles. The summed E-state index contributed by atoms with van der Waals surface area (Å²) in [5.41, 5.74) is 0. The first-order valence-electron chi connectivity index (χ1n) is 6.72. The highest BCUT2D eigenvalue weighted by Crippen LogP contribution is 2.18. The van der Waals surface area contributed by atoms with Gasteiger partial charge in [0, 0.05) is 13.1 Å². The number of esters is 1. The molecule has 0 aromatic heterocycles. The number of urea groups is 1. The quantitative estimate of drug-likeness (QED) is 0.741. The maximum absolute atomic E-state index is 12.1. The van der Waals surface area contributed by atoms with Crippen LogP contribution in [-0.4, -0.2) is 54.2 Å². The SMILES string of the molecule is COC(=O)C1CCCN(C(=O)N[C@@H](C(=O)O)C(C)C)C1. The van der Waals surface area contributed by atoms with Crippen molar-refractivity contribution in [3.63, 3.8) is 0 Å². The van der Waals surface area contributed by atoms with E-state index in [0.29, 0.717) is 19.4 Å². The van der Waals surface area contributed by atoms with Crippen molar-refractivity contribution in [3.05, 3.63) is 0 Å². The first-order valence-corrected chi connectivity index (χ1v) is 6.72. The summed E-state index contributed by atoms with van der Waals surface area (Å²) in [7, 11) is 1.32. The number of methoxy groups -OCH3 is 1. The smallest absolute Gasteiger partial charge is 0.326 e. The number of rotatable bonds is 4. The molecule has 0 radical (unpaired) electrons. The monoisotopic (exact) mass is 286 g/mol. The predicted molar refractivity (Wildman–Crippen MR) is 71.1 cm³/mol. The Bertz CT molecular complexity index is 383. The number of carbonyl (C=O) groups is 3. The topological polar surface area (TPSA) is 95.9 Å². The van der Waals surface area contributed by atoms with Gasteiger partial charge in [-0.15, -0.1) is 0 Å². The summed E-state index contributed by atoms with van der Waals surface area (Å²) in [6, 6.07) is -1.37. The minimum atomic E-state index is -1.06. The number of carboxylic acid groups (broad SMARTS) is 1. The average molecular weight is 286 g/mol. The summed E-state index contributed by atoms with van der Waals surface area (Å²) >= 11 is 0. The lowest BCUT2D eigenvalue weighted by molar-refractivity contribution is -0.147. The van der Waals surface area contributed by atoms with Crippen LogP contribution in [0.4, 0.5) is 4.79 Å². The highest BCUT2D eigenvalue weighted by molar-refractivity contribution is 5.83. The van der Waals surface area contributed by atoms with E-state index in [9.17, 15) is 14.4 Å². The molecule has 2 atom stereocenters. The van der Waals surface area contributed by atoms with Crippen LogP contribution in [0.2, 0.25) is 0 Å². The fraction of sp³-hybridized carbons (Fsp3) is 0.769. The Kier molecular flexibility index (Phi) is 5.79. The molecule has 2 amide bonds. The van der Waals surface area contributed by atoms with Gasteiger partial charge >= 0.3 is 18.0 Å². The lowest BCUT2D eigenvalue weighted by Crippen LogP contribution is -2.53. The number of carbonyl (C=O) groups excluding carboxylic acids is 2. The van der Waals surface area contributed by atoms with Crippen LogP contribution in [-0.2, 0) is 14.3 Å². The molecule has 20 heavy (non-hydrogen) atoms. The summed E-state index contributed by atoms with van der Waals surface area (Å²) in [5, 5.41) is 11.6. The van der Waals surface area contributed by atoms with Gasteiger partial charge in [0.05, 0.1) is 13.0 Å². The number of likely N-dealkylation sites (tertiary alicyclic amines) is 1. The van der Waals surface area contributed by atoms with Crippen molar-refractivity contribution >= 4 is 18.0 Å². The third kappa shape index (κ3) is 4.11. The number of nitrogens with one attached hydrogen (secondary N) is 1. The molecule has 7 heteroatoms. The Balaban J connectivity index is 2.62. The molecule has 1 unspecified atom stereocenters. The van der Waals surface area contributed by atoms with Crippen LogP contribution in [0, 0.1) is 11.8 Å². The van der Waals surface area contributed by atoms with E-state index in [1.54, 1.807) is 13.8 Å². The zero-order chi connectivity index (χ0) is 15.3. The maximum atomic E-state index is 12.1. The molecule has 1 aliphatic heterocycles. The fourth-order valence-electron chi connectivity index (χ4n) is 2.26. The van der Waals surface area contributed by atoms with E-state index in [1.165, 1.54) is 12.0 Å². The van der Waals surface area contributed by atoms with Gasteiger partial charge in [0.2, 0.25) is 0 Å². The van der Waals surface area contributed by atoms with Gasteiger partial charge in [0.25, 0.3) is 0 Å². The maximum Gasteiger partial charge on any atom is 0.326 e. The first-order chi connectivity index (χ1) is 9.36. The summed E-state index contributed by atoms with van der Waals surface area (Å²) in [6.45, 7) is 4.24. The fourth-order valence-corrected chi connectivity index (χ4v) is 2.26. The molecular weight excluding hydrogens is 264 g/mol. The highest BCUT2D eigenvalue weighted by atomic mass is 16.5. The highest BCUT2D eigenvalue weighted by Gasteiger charge is 2.31. The van der Waals surface area contributed by atoms with E-state index in [2.05, 4.69) is 10.1 Å². The molecule has 114 valence electrons. The molecule has 1 saturated heterocycles. The third-order valence-electron chi connectivity index (χ3n) is 3.45. The van der Waals surface area contributed by atoms with Crippen LogP contribution < -0.4 is 5.32 Å². The van der Waals surface area contributed by atoms with Gasteiger partial charge in [-0.3, -0.25) is 4.79 Å². The Morgan fingerprint density at radius 2 is 2.00 bits per heavy atom. The average Bonchev–Trinajstić information content (AvgIpc) is 2.42. The van der Waals surface area contributed by atoms with Crippen molar-refractivity contribution in [2.45, 2.75) is 32.7 Å². The van der Waals surface area contributed by atoms with E-state index >= 15 is 0 Å². The second-order valence-corrected chi connectivity index (χ2v) is 5.32. The van der Waals surface area contributed by atoms with Crippen LogP contribution in [0.15, 0.2) is 0 Å². The summed E-state index contributed by atoms with van der Waals surface area (Å²) < 4.78 is 4.68. The van der Waals surface area contributed by atoms with Gasteiger partial charge in [-0.2, -0.15) is 0 Å². The number of amides is 2. The molecular formula is C13H22N2O5. The molecule has 7 nitrogen and oxygen atoms in total. The largest absolute Gasteiger partial charge is 0.480 e. The summed E-state index contributed by atoms with van der Waals surface area (Å²) in [4.78, 5) is 36.1. The molecule has 0 aromatic rings. The molecule has 0 saturated carbocycles. The number of carboxylic acids is 1. The molecule has 0 spiro atoms. The van der Waals surface area contributed by atoms with Gasteiger partial charge in [-0.1, -0.05) is 13.8 Å². The Hall–Kier alpha value is -1.79. The summed E-state index contributed by atoms with van der Waals surface area (Å²) in [6.07, 6.45) is 1.38. The van der Waals surface area contributed by atoms with E-state index < -0.39 is 18.0 Å². The van der Waals surface area contributed by atoms with Crippen LogP contribution in [0.1, 0.15) is 26.7 Å². The van der Waals surface area contributed by atoms with Gasteiger partial charge < -0.3 is 20.1 Å². The van der Waals surface area contributed by atoms with Gasteiger partial charge in [0.1, 0.15) is 6.04 Å².